The molecule has 2 aromatic carbocycles. The van der Waals surface area contributed by atoms with Crippen molar-refractivity contribution in [2.75, 3.05) is 11.9 Å². The van der Waals surface area contributed by atoms with E-state index in [2.05, 4.69) is 17.4 Å². The molecule has 0 aromatic heterocycles. The van der Waals surface area contributed by atoms with Crippen molar-refractivity contribution in [3.63, 3.8) is 0 Å². The molecule has 0 bridgehead atoms. The fraction of sp³-hybridized carbons (Fsp3) is 0.348. The molecule has 0 saturated carbocycles. The van der Waals surface area contributed by atoms with E-state index in [0.717, 1.165) is 24.8 Å². The summed E-state index contributed by atoms with van der Waals surface area (Å²) in [6.07, 6.45) is 3.25. The zero-order valence-electron chi connectivity index (χ0n) is 16.7. The van der Waals surface area contributed by atoms with Crippen LogP contribution in [0.15, 0.2) is 42.5 Å². The van der Waals surface area contributed by atoms with Crippen molar-refractivity contribution in [2.24, 2.45) is 0 Å². The predicted octanol–water partition coefficient (Wildman–Crippen LogP) is 3.46. The fourth-order valence-electron chi connectivity index (χ4n) is 3.27. The SMILES string of the molecule is CC(C)OC(=O)c1ccc(NC(=O)COC(=O)Cc2ccc3c(c2)CCC3)cc1. The van der Waals surface area contributed by atoms with Crippen molar-refractivity contribution in [2.45, 2.75) is 45.6 Å². The molecule has 0 fully saturated rings. The minimum atomic E-state index is -0.440. The third-order valence-electron chi connectivity index (χ3n) is 4.62. The Labute approximate surface area is 170 Å². The Kier molecular flexibility index (Phi) is 6.65. The number of carbonyl (C=O) groups excluding carboxylic acids is 3. The van der Waals surface area contributed by atoms with E-state index in [4.69, 9.17) is 9.47 Å². The molecule has 1 N–H and O–H groups in total. The quantitative estimate of drug-likeness (QED) is 0.726. The molecule has 1 amide bonds. The molecule has 0 heterocycles. The number of fused-ring (bicyclic) bond motifs is 1. The lowest BCUT2D eigenvalue weighted by Crippen LogP contribution is -2.21. The average molecular weight is 395 g/mol. The zero-order valence-corrected chi connectivity index (χ0v) is 16.7. The maximum absolute atomic E-state index is 12.0. The number of aryl methyl sites for hydroxylation is 2. The van der Waals surface area contributed by atoms with Gasteiger partial charge in [0.15, 0.2) is 6.61 Å². The summed E-state index contributed by atoms with van der Waals surface area (Å²) in [4.78, 5) is 35.8. The molecule has 3 rings (SSSR count). The number of amides is 1. The van der Waals surface area contributed by atoms with Gasteiger partial charge in [-0.05, 0) is 74.1 Å². The molecule has 1 aliphatic rings. The molecule has 1 aliphatic carbocycles. The summed E-state index contributed by atoms with van der Waals surface area (Å²) >= 11 is 0. The van der Waals surface area contributed by atoms with Gasteiger partial charge in [0.05, 0.1) is 18.1 Å². The van der Waals surface area contributed by atoms with Gasteiger partial charge in [-0.1, -0.05) is 18.2 Å². The summed E-state index contributed by atoms with van der Waals surface area (Å²) in [6.45, 7) is 3.19. The van der Waals surface area contributed by atoms with E-state index in [-0.39, 0.29) is 19.1 Å². The Balaban J connectivity index is 1.44. The van der Waals surface area contributed by atoms with Crippen molar-refractivity contribution in [1.82, 2.24) is 0 Å². The van der Waals surface area contributed by atoms with Crippen LogP contribution in [0, 0.1) is 0 Å². The number of carbonyl (C=O) groups is 3. The Morgan fingerprint density at radius 3 is 2.45 bits per heavy atom. The summed E-state index contributed by atoms with van der Waals surface area (Å²) in [6, 6.07) is 12.4. The number of nitrogens with one attached hydrogen (secondary N) is 1. The monoisotopic (exact) mass is 395 g/mol. The van der Waals surface area contributed by atoms with E-state index in [1.54, 1.807) is 38.1 Å². The summed E-state index contributed by atoms with van der Waals surface area (Å²) in [5.74, 6) is -1.30. The Bertz CT molecular complexity index is 902. The molecule has 0 spiro atoms. The highest BCUT2D eigenvalue weighted by atomic mass is 16.5. The highest BCUT2D eigenvalue weighted by Gasteiger charge is 2.14. The van der Waals surface area contributed by atoms with Crippen molar-refractivity contribution < 1.29 is 23.9 Å². The first kappa shape index (κ1) is 20.6. The van der Waals surface area contributed by atoms with Crippen LogP contribution in [-0.4, -0.2) is 30.6 Å². The maximum atomic E-state index is 12.0. The summed E-state index contributed by atoms with van der Waals surface area (Å²) in [5, 5.41) is 2.63. The van der Waals surface area contributed by atoms with Crippen LogP contribution >= 0.6 is 0 Å². The standard InChI is InChI=1S/C23H25NO5/c1-15(2)29-23(27)18-8-10-20(11-9-18)24-21(25)14-28-22(26)13-16-6-7-17-4-3-5-19(17)12-16/h6-12,15H,3-5,13-14H2,1-2H3,(H,24,25). The lowest BCUT2D eigenvalue weighted by atomic mass is 10.0. The second kappa shape index (κ2) is 9.37. The fourth-order valence-corrected chi connectivity index (χ4v) is 3.27. The lowest BCUT2D eigenvalue weighted by Gasteiger charge is -2.09. The number of anilines is 1. The first-order valence-electron chi connectivity index (χ1n) is 9.78. The van der Waals surface area contributed by atoms with Crippen LogP contribution in [0.2, 0.25) is 0 Å². The number of ether oxygens (including phenoxy) is 2. The van der Waals surface area contributed by atoms with E-state index in [9.17, 15) is 14.4 Å². The van der Waals surface area contributed by atoms with Crippen LogP contribution in [0.3, 0.4) is 0 Å². The van der Waals surface area contributed by atoms with Gasteiger partial charge < -0.3 is 14.8 Å². The molecular formula is C23H25NO5. The molecule has 0 radical (unpaired) electrons. The normalized spacial score (nSPS) is 12.4. The first-order valence-corrected chi connectivity index (χ1v) is 9.78. The Morgan fingerprint density at radius 1 is 1.00 bits per heavy atom. The van der Waals surface area contributed by atoms with Gasteiger partial charge in [-0.3, -0.25) is 9.59 Å². The third-order valence-corrected chi connectivity index (χ3v) is 4.62. The molecule has 152 valence electrons. The smallest absolute Gasteiger partial charge is 0.338 e. The highest BCUT2D eigenvalue weighted by molar-refractivity contribution is 5.94. The van der Waals surface area contributed by atoms with Crippen LogP contribution in [0.5, 0.6) is 0 Å². The van der Waals surface area contributed by atoms with E-state index in [1.807, 2.05) is 6.07 Å². The summed E-state index contributed by atoms with van der Waals surface area (Å²) in [7, 11) is 0. The highest BCUT2D eigenvalue weighted by Crippen LogP contribution is 2.23. The first-order chi connectivity index (χ1) is 13.9. The largest absolute Gasteiger partial charge is 0.459 e. The van der Waals surface area contributed by atoms with E-state index < -0.39 is 17.8 Å². The van der Waals surface area contributed by atoms with Crippen molar-refractivity contribution in [1.29, 1.82) is 0 Å². The number of benzene rings is 2. The third kappa shape index (κ3) is 5.91. The van der Waals surface area contributed by atoms with Gasteiger partial charge in [0.2, 0.25) is 0 Å². The summed E-state index contributed by atoms with van der Waals surface area (Å²) in [5.41, 5.74) is 4.46. The van der Waals surface area contributed by atoms with Crippen LogP contribution < -0.4 is 5.32 Å². The van der Waals surface area contributed by atoms with E-state index in [1.165, 1.54) is 11.1 Å². The number of rotatable bonds is 7. The molecule has 0 aliphatic heterocycles. The van der Waals surface area contributed by atoms with Gasteiger partial charge in [-0.25, -0.2) is 4.79 Å². The minimum absolute atomic E-state index is 0.146. The second-order valence-electron chi connectivity index (χ2n) is 7.37. The van der Waals surface area contributed by atoms with Gasteiger partial charge in [-0.2, -0.15) is 0 Å². The molecule has 6 nitrogen and oxygen atoms in total. The Hall–Kier alpha value is -3.15. The van der Waals surface area contributed by atoms with Crippen molar-refractivity contribution >= 4 is 23.5 Å². The molecule has 6 heteroatoms. The Morgan fingerprint density at radius 2 is 1.72 bits per heavy atom. The molecule has 0 unspecified atom stereocenters. The number of hydrogen-bond donors (Lipinski definition) is 1. The zero-order chi connectivity index (χ0) is 20.8. The van der Waals surface area contributed by atoms with Crippen molar-refractivity contribution in [3.8, 4) is 0 Å². The minimum Gasteiger partial charge on any atom is -0.459 e. The van der Waals surface area contributed by atoms with Gasteiger partial charge in [-0.15, -0.1) is 0 Å². The van der Waals surface area contributed by atoms with Gasteiger partial charge in [0.1, 0.15) is 0 Å². The van der Waals surface area contributed by atoms with Crippen LogP contribution in [0.25, 0.3) is 0 Å². The van der Waals surface area contributed by atoms with Crippen LogP contribution in [0.1, 0.15) is 47.3 Å². The molecule has 29 heavy (non-hydrogen) atoms. The summed E-state index contributed by atoms with van der Waals surface area (Å²) < 4.78 is 10.2. The van der Waals surface area contributed by atoms with Crippen LogP contribution in [-0.2, 0) is 38.3 Å². The lowest BCUT2D eigenvalue weighted by molar-refractivity contribution is -0.146. The van der Waals surface area contributed by atoms with Gasteiger partial charge in [0.25, 0.3) is 5.91 Å². The van der Waals surface area contributed by atoms with E-state index >= 15 is 0 Å². The topological polar surface area (TPSA) is 81.7 Å². The van der Waals surface area contributed by atoms with E-state index in [0.29, 0.717) is 11.3 Å². The molecule has 0 saturated heterocycles. The molecule has 0 atom stereocenters. The van der Waals surface area contributed by atoms with Crippen molar-refractivity contribution in [3.05, 3.63) is 64.7 Å². The second-order valence-corrected chi connectivity index (χ2v) is 7.37. The van der Waals surface area contributed by atoms with Crippen LogP contribution in [0.4, 0.5) is 5.69 Å². The predicted molar refractivity (Wildman–Crippen MR) is 109 cm³/mol. The number of esters is 2. The molecule has 2 aromatic rings. The van der Waals surface area contributed by atoms with Gasteiger partial charge in [0, 0.05) is 5.69 Å². The average Bonchev–Trinajstić information content (AvgIpc) is 3.14. The number of hydrogen-bond acceptors (Lipinski definition) is 5. The molecular weight excluding hydrogens is 370 g/mol. The maximum Gasteiger partial charge on any atom is 0.338 e. The van der Waals surface area contributed by atoms with Gasteiger partial charge >= 0.3 is 11.9 Å².